The van der Waals surface area contributed by atoms with E-state index in [2.05, 4.69) is 36.1 Å². The Labute approximate surface area is 183 Å². The molecule has 1 aromatic carbocycles. The van der Waals surface area contributed by atoms with Crippen LogP contribution in [0.15, 0.2) is 54.7 Å². The highest BCUT2D eigenvalue weighted by atomic mass is 32.2. The maximum atomic E-state index is 11.4. The first-order valence-electron chi connectivity index (χ1n) is 9.28. The zero-order chi connectivity index (χ0) is 22.7. The third-order valence-electron chi connectivity index (χ3n) is 4.25. The average Bonchev–Trinajstić information content (AvgIpc) is 3.21. The van der Waals surface area contributed by atoms with Crippen LogP contribution in [0.1, 0.15) is 11.3 Å². The molecule has 0 radical (unpaired) electrons. The summed E-state index contributed by atoms with van der Waals surface area (Å²) in [5, 5.41) is 17.4. The lowest BCUT2D eigenvalue weighted by Crippen LogP contribution is -2.12. The van der Waals surface area contributed by atoms with Gasteiger partial charge in [0, 0.05) is 5.56 Å². The molecule has 3 N–H and O–H groups in total. The van der Waals surface area contributed by atoms with E-state index in [-0.39, 0.29) is 18.3 Å². The minimum atomic E-state index is -3.43. The van der Waals surface area contributed by atoms with Crippen LogP contribution in [0.5, 0.6) is 0 Å². The van der Waals surface area contributed by atoms with Crippen molar-refractivity contribution in [3.05, 3.63) is 66.0 Å². The molecule has 0 aliphatic carbocycles. The third-order valence-corrected chi connectivity index (χ3v) is 4.83. The summed E-state index contributed by atoms with van der Waals surface area (Å²) < 4.78 is 26.7. The molecule has 0 fully saturated rings. The molecule has 0 amide bonds. The van der Waals surface area contributed by atoms with Crippen molar-refractivity contribution in [1.29, 1.82) is 5.26 Å². The number of nitrogens with two attached hydrogens (primary N) is 1. The van der Waals surface area contributed by atoms with E-state index in [4.69, 9.17) is 11.0 Å². The van der Waals surface area contributed by atoms with Crippen LogP contribution in [-0.4, -0.2) is 44.6 Å². The fraction of sp³-hybridized carbons (Fsp3) is 0.100. The van der Waals surface area contributed by atoms with Crippen LogP contribution in [0.4, 0.5) is 11.8 Å². The van der Waals surface area contributed by atoms with Crippen molar-refractivity contribution in [3.63, 3.8) is 0 Å². The Morgan fingerprint density at radius 2 is 1.84 bits per heavy atom. The minimum Gasteiger partial charge on any atom is -0.368 e. The number of sulfonamides is 1. The maximum absolute atomic E-state index is 11.4. The van der Waals surface area contributed by atoms with Gasteiger partial charge in [0.25, 0.3) is 0 Å². The first kappa shape index (κ1) is 20.9. The lowest BCUT2D eigenvalue weighted by Gasteiger charge is -2.06. The van der Waals surface area contributed by atoms with Crippen molar-refractivity contribution in [2.45, 2.75) is 6.54 Å². The highest BCUT2D eigenvalue weighted by molar-refractivity contribution is 7.92. The molecular formula is C20H17N9O2S. The Hall–Kier alpha value is -4.37. The molecule has 0 atom stereocenters. The van der Waals surface area contributed by atoms with Crippen LogP contribution in [0.3, 0.4) is 0 Å². The summed E-state index contributed by atoms with van der Waals surface area (Å²) in [7, 11) is -3.43. The molecule has 0 saturated carbocycles. The van der Waals surface area contributed by atoms with E-state index in [9.17, 15) is 8.42 Å². The Kier molecular flexibility index (Phi) is 5.48. The van der Waals surface area contributed by atoms with Gasteiger partial charge in [0.1, 0.15) is 11.5 Å². The van der Waals surface area contributed by atoms with Crippen LogP contribution in [0.2, 0.25) is 0 Å². The Morgan fingerprint density at radius 1 is 1.06 bits per heavy atom. The highest BCUT2D eigenvalue weighted by Gasteiger charge is 2.12. The van der Waals surface area contributed by atoms with E-state index in [0.717, 1.165) is 11.8 Å². The lowest BCUT2D eigenvalue weighted by molar-refractivity contribution is 0.606. The second-order valence-electron chi connectivity index (χ2n) is 6.88. The quantitative estimate of drug-likeness (QED) is 0.447. The number of nitrogen functional groups attached to an aromatic ring is 1. The number of nitriles is 1. The van der Waals surface area contributed by atoms with Gasteiger partial charge in [-0.2, -0.15) is 5.26 Å². The van der Waals surface area contributed by atoms with Gasteiger partial charge < -0.3 is 5.73 Å². The largest absolute Gasteiger partial charge is 0.368 e. The normalized spacial score (nSPS) is 11.1. The van der Waals surface area contributed by atoms with Crippen LogP contribution >= 0.6 is 0 Å². The van der Waals surface area contributed by atoms with Crippen molar-refractivity contribution in [2.75, 3.05) is 16.7 Å². The molecule has 12 heteroatoms. The Balaban J connectivity index is 1.60. The van der Waals surface area contributed by atoms with Gasteiger partial charge >= 0.3 is 0 Å². The topological polar surface area (TPSA) is 165 Å². The van der Waals surface area contributed by atoms with Gasteiger partial charge in [0.05, 0.1) is 47.7 Å². The van der Waals surface area contributed by atoms with Crippen molar-refractivity contribution >= 4 is 21.8 Å². The predicted molar refractivity (Wildman–Crippen MR) is 117 cm³/mol. The smallest absolute Gasteiger partial charge is 0.230 e. The summed E-state index contributed by atoms with van der Waals surface area (Å²) in [6, 6.07) is 15.8. The summed E-state index contributed by atoms with van der Waals surface area (Å²) in [6.45, 7) is 0.268. The minimum absolute atomic E-state index is 0.0654. The molecular weight excluding hydrogens is 430 g/mol. The molecule has 0 aliphatic rings. The van der Waals surface area contributed by atoms with Gasteiger partial charge in [-0.1, -0.05) is 23.4 Å². The zero-order valence-corrected chi connectivity index (χ0v) is 17.7. The zero-order valence-electron chi connectivity index (χ0n) is 16.8. The van der Waals surface area contributed by atoms with E-state index in [1.807, 2.05) is 6.07 Å². The fourth-order valence-corrected chi connectivity index (χ4v) is 3.46. The standard InChI is InChI=1S/C20H17N9O2S/c1-32(30,31)27-19-7-3-6-15(23-19)11-29-12-18(26-28-29)17-9-16(24-20(22)25-17)14-5-2-4-13(8-14)10-21/h2-9,12H,11H2,1H3,(H,23,27)(H2,22,24,25). The van der Waals surface area contributed by atoms with Crippen molar-refractivity contribution < 1.29 is 8.42 Å². The summed E-state index contributed by atoms with van der Waals surface area (Å²) in [5.41, 5.74) is 9.22. The molecule has 0 unspecified atom stereocenters. The molecule has 3 heterocycles. The number of hydrogen-bond donors (Lipinski definition) is 2. The number of nitrogens with zero attached hydrogens (tertiary/aromatic N) is 7. The Bertz CT molecular complexity index is 1440. The van der Waals surface area contributed by atoms with Gasteiger partial charge in [0.15, 0.2) is 0 Å². The van der Waals surface area contributed by atoms with Crippen molar-refractivity contribution in [2.24, 2.45) is 0 Å². The summed E-state index contributed by atoms with van der Waals surface area (Å²) >= 11 is 0. The summed E-state index contributed by atoms with van der Waals surface area (Å²) in [6.07, 6.45) is 2.74. The van der Waals surface area contributed by atoms with E-state index in [1.165, 1.54) is 0 Å². The molecule has 0 aliphatic heterocycles. The van der Waals surface area contributed by atoms with Gasteiger partial charge in [-0.05, 0) is 30.3 Å². The van der Waals surface area contributed by atoms with Crippen molar-refractivity contribution in [3.8, 4) is 28.7 Å². The molecule has 32 heavy (non-hydrogen) atoms. The number of pyridine rings is 1. The number of aromatic nitrogens is 6. The van der Waals surface area contributed by atoms with Crippen LogP contribution in [0, 0.1) is 11.3 Å². The summed E-state index contributed by atoms with van der Waals surface area (Å²) in [5.74, 6) is 0.286. The first-order valence-corrected chi connectivity index (χ1v) is 11.2. The Morgan fingerprint density at radius 3 is 2.62 bits per heavy atom. The average molecular weight is 447 g/mol. The number of rotatable bonds is 6. The third kappa shape index (κ3) is 5.02. The molecule has 0 spiro atoms. The SMILES string of the molecule is CS(=O)(=O)Nc1cccc(Cn2cc(-c3cc(-c4cccc(C#N)c4)nc(N)n3)nn2)n1. The van der Waals surface area contributed by atoms with Crippen LogP contribution in [-0.2, 0) is 16.6 Å². The molecule has 11 nitrogen and oxygen atoms in total. The van der Waals surface area contributed by atoms with Crippen LogP contribution < -0.4 is 10.5 Å². The maximum Gasteiger partial charge on any atom is 0.230 e. The second kappa shape index (κ2) is 8.40. The molecule has 4 aromatic rings. The summed E-state index contributed by atoms with van der Waals surface area (Å²) in [4.78, 5) is 12.8. The van der Waals surface area contributed by atoms with E-state index in [0.29, 0.717) is 28.3 Å². The molecule has 0 bridgehead atoms. The van der Waals surface area contributed by atoms with Crippen molar-refractivity contribution in [1.82, 2.24) is 29.9 Å². The monoisotopic (exact) mass is 447 g/mol. The van der Waals surface area contributed by atoms with E-state index < -0.39 is 10.0 Å². The lowest BCUT2D eigenvalue weighted by atomic mass is 10.1. The van der Waals surface area contributed by atoms with Gasteiger partial charge in [-0.15, -0.1) is 5.10 Å². The van der Waals surface area contributed by atoms with E-state index in [1.54, 1.807) is 53.3 Å². The van der Waals surface area contributed by atoms with E-state index >= 15 is 0 Å². The first-order chi connectivity index (χ1) is 15.3. The van der Waals surface area contributed by atoms with Crippen LogP contribution in [0.25, 0.3) is 22.6 Å². The predicted octanol–water partition coefficient (Wildman–Crippen LogP) is 1.67. The number of hydrogen-bond acceptors (Lipinski definition) is 9. The number of anilines is 2. The highest BCUT2D eigenvalue weighted by Crippen LogP contribution is 2.24. The molecule has 4 rings (SSSR count). The van der Waals surface area contributed by atoms with Gasteiger partial charge in [-0.25, -0.2) is 28.1 Å². The molecule has 3 aromatic heterocycles. The fourth-order valence-electron chi connectivity index (χ4n) is 2.97. The molecule has 0 saturated heterocycles. The van der Waals surface area contributed by atoms with Gasteiger partial charge in [0.2, 0.25) is 16.0 Å². The number of benzene rings is 1. The second-order valence-corrected chi connectivity index (χ2v) is 8.63. The molecule has 160 valence electrons. The number of nitrogens with one attached hydrogen (secondary N) is 1. The van der Waals surface area contributed by atoms with Gasteiger partial charge in [-0.3, -0.25) is 4.72 Å².